The molecule has 1 fully saturated rings. The Labute approximate surface area is 161 Å². The molecule has 0 radical (unpaired) electrons. The number of aromatic nitrogens is 3. The van der Waals surface area contributed by atoms with Gasteiger partial charge in [0.1, 0.15) is 5.65 Å². The molecule has 0 aromatic carbocycles. The highest BCUT2D eigenvalue weighted by atomic mass is 32.1. The summed E-state index contributed by atoms with van der Waals surface area (Å²) >= 11 is 1.66. The van der Waals surface area contributed by atoms with Gasteiger partial charge in [0.2, 0.25) is 5.91 Å². The normalized spacial score (nSPS) is 20.6. The van der Waals surface area contributed by atoms with E-state index in [-0.39, 0.29) is 11.9 Å². The predicted molar refractivity (Wildman–Crippen MR) is 109 cm³/mol. The lowest BCUT2D eigenvalue weighted by Gasteiger charge is -2.38. The Bertz CT molecular complexity index is 1090. The number of thiophene rings is 1. The van der Waals surface area contributed by atoms with Gasteiger partial charge >= 0.3 is 0 Å². The first kappa shape index (κ1) is 16.6. The molecule has 0 aliphatic carbocycles. The fraction of sp³-hybridized carbons (Fsp3) is 0.333. The molecule has 2 atom stereocenters. The zero-order chi connectivity index (χ0) is 18.4. The maximum atomic E-state index is 12.8. The van der Waals surface area contributed by atoms with Crippen LogP contribution < -0.4 is 0 Å². The second-order valence-electron chi connectivity index (χ2n) is 7.45. The molecule has 1 amide bonds. The third kappa shape index (κ3) is 2.84. The molecule has 5 heterocycles. The minimum atomic E-state index is 0.235. The molecule has 0 spiro atoms. The number of likely N-dealkylation sites (tertiary alicyclic amines) is 1. The number of nitrogens with zero attached hydrogens (tertiary/aromatic N) is 3. The van der Waals surface area contributed by atoms with Crippen molar-refractivity contribution in [3.8, 4) is 0 Å². The number of H-pyrrole nitrogens is 1. The Morgan fingerprint density at radius 2 is 2.30 bits per heavy atom. The minimum absolute atomic E-state index is 0.235. The number of amides is 1. The zero-order valence-electron chi connectivity index (χ0n) is 15.3. The van der Waals surface area contributed by atoms with Gasteiger partial charge in [0.25, 0.3) is 0 Å². The zero-order valence-corrected chi connectivity index (χ0v) is 16.1. The molecule has 138 valence electrons. The SMILES string of the molecule is C[C@@H]1CCN(C(=O)Cc2cccs2)C[C@@H]1n1ccc2cnc3[nH]ccc3c21. The summed E-state index contributed by atoms with van der Waals surface area (Å²) in [6, 6.07) is 8.56. The average Bonchev–Trinajstić information content (AvgIpc) is 3.41. The van der Waals surface area contributed by atoms with E-state index in [4.69, 9.17) is 0 Å². The van der Waals surface area contributed by atoms with Gasteiger partial charge in [-0.05, 0) is 35.9 Å². The molecule has 4 aromatic rings. The molecule has 1 saturated heterocycles. The molecule has 0 bridgehead atoms. The van der Waals surface area contributed by atoms with Gasteiger partial charge in [-0.3, -0.25) is 4.79 Å². The fourth-order valence-corrected chi connectivity index (χ4v) is 4.94. The summed E-state index contributed by atoms with van der Waals surface area (Å²) in [5.74, 6) is 0.757. The van der Waals surface area contributed by atoms with Crippen molar-refractivity contribution in [1.82, 2.24) is 19.4 Å². The van der Waals surface area contributed by atoms with Crippen molar-refractivity contribution in [3.63, 3.8) is 0 Å². The topological polar surface area (TPSA) is 53.9 Å². The van der Waals surface area contributed by atoms with Crippen LogP contribution in [0.15, 0.2) is 48.2 Å². The summed E-state index contributed by atoms with van der Waals surface area (Å²) in [4.78, 5) is 23.7. The summed E-state index contributed by atoms with van der Waals surface area (Å²) in [5, 5.41) is 4.33. The van der Waals surface area contributed by atoms with Crippen LogP contribution in [0.1, 0.15) is 24.3 Å². The summed E-state index contributed by atoms with van der Waals surface area (Å²) in [6.07, 6.45) is 7.57. The van der Waals surface area contributed by atoms with E-state index in [2.05, 4.69) is 39.8 Å². The van der Waals surface area contributed by atoms with E-state index in [0.29, 0.717) is 12.3 Å². The number of carbonyl (C=O) groups excluding carboxylic acids is 1. The average molecular weight is 379 g/mol. The number of aromatic amines is 1. The highest BCUT2D eigenvalue weighted by molar-refractivity contribution is 7.10. The van der Waals surface area contributed by atoms with E-state index in [1.165, 1.54) is 5.52 Å². The number of hydrogen-bond donors (Lipinski definition) is 1. The van der Waals surface area contributed by atoms with E-state index >= 15 is 0 Å². The maximum Gasteiger partial charge on any atom is 0.227 e. The van der Waals surface area contributed by atoms with Gasteiger partial charge in [-0.2, -0.15) is 0 Å². The molecule has 4 aromatic heterocycles. The first-order valence-corrected chi connectivity index (χ1v) is 10.3. The van der Waals surface area contributed by atoms with Gasteiger partial charge in [0, 0.05) is 47.3 Å². The van der Waals surface area contributed by atoms with Crippen LogP contribution in [0.5, 0.6) is 0 Å². The first-order valence-electron chi connectivity index (χ1n) is 9.43. The van der Waals surface area contributed by atoms with E-state index in [1.807, 2.05) is 34.8 Å². The van der Waals surface area contributed by atoms with Gasteiger partial charge in [0.05, 0.1) is 18.0 Å². The largest absolute Gasteiger partial charge is 0.346 e. The summed E-state index contributed by atoms with van der Waals surface area (Å²) in [5.41, 5.74) is 2.13. The smallest absolute Gasteiger partial charge is 0.227 e. The Morgan fingerprint density at radius 1 is 1.37 bits per heavy atom. The van der Waals surface area contributed by atoms with Crippen LogP contribution in [-0.4, -0.2) is 38.4 Å². The van der Waals surface area contributed by atoms with Crippen LogP contribution >= 0.6 is 11.3 Å². The summed E-state index contributed by atoms with van der Waals surface area (Å²) < 4.78 is 2.36. The Morgan fingerprint density at radius 3 is 3.15 bits per heavy atom. The summed E-state index contributed by atoms with van der Waals surface area (Å²) in [6.45, 7) is 3.92. The minimum Gasteiger partial charge on any atom is -0.346 e. The quantitative estimate of drug-likeness (QED) is 0.580. The second kappa shape index (κ2) is 6.53. The van der Waals surface area contributed by atoms with Gasteiger partial charge in [0.15, 0.2) is 0 Å². The van der Waals surface area contributed by atoms with E-state index in [0.717, 1.165) is 40.8 Å². The molecule has 1 N–H and O–H groups in total. The van der Waals surface area contributed by atoms with Crippen LogP contribution in [0.2, 0.25) is 0 Å². The number of hydrogen-bond acceptors (Lipinski definition) is 3. The molecule has 0 saturated carbocycles. The van der Waals surface area contributed by atoms with Gasteiger partial charge in [-0.25, -0.2) is 4.98 Å². The van der Waals surface area contributed by atoms with Crippen LogP contribution in [0.4, 0.5) is 0 Å². The van der Waals surface area contributed by atoms with Gasteiger partial charge in [-0.15, -0.1) is 11.3 Å². The molecule has 5 nitrogen and oxygen atoms in total. The Kier molecular flexibility index (Phi) is 4.01. The van der Waals surface area contributed by atoms with Crippen molar-refractivity contribution in [1.29, 1.82) is 0 Å². The third-order valence-electron chi connectivity index (χ3n) is 5.79. The predicted octanol–water partition coefficient (Wildman–Crippen LogP) is 4.23. The van der Waals surface area contributed by atoms with Crippen LogP contribution in [0.3, 0.4) is 0 Å². The summed E-state index contributed by atoms with van der Waals surface area (Å²) in [7, 11) is 0. The van der Waals surface area contributed by atoms with Gasteiger partial charge in [-0.1, -0.05) is 13.0 Å². The molecular weight excluding hydrogens is 356 g/mol. The molecular formula is C21H22N4OS. The molecule has 1 aliphatic heterocycles. The molecule has 27 heavy (non-hydrogen) atoms. The van der Waals surface area contributed by atoms with Crippen molar-refractivity contribution >= 4 is 39.2 Å². The molecule has 6 heteroatoms. The van der Waals surface area contributed by atoms with E-state index in [9.17, 15) is 4.79 Å². The molecule has 1 aliphatic rings. The monoisotopic (exact) mass is 378 g/mol. The van der Waals surface area contributed by atoms with Crippen LogP contribution in [-0.2, 0) is 11.2 Å². The third-order valence-corrected chi connectivity index (χ3v) is 6.67. The van der Waals surface area contributed by atoms with Gasteiger partial charge < -0.3 is 14.5 Å². The number of rotatable bonds is 3. The number of piperidine rings is 1. The lowest BCUT2D eigenvalue weighted by atomic mass is 9.92. The fourth-order valence-electron chi connectivity index (χ4n) is 4.24. The number of carbonyl (C=O) groups is 1. The number of nitrogens with one attached hydrogen (secondary N) is 1. The molecule has 0 unspecified atom stereocenters. The highest BCUT2D eigenvalue weighted by Crippen LogP contribution is 2.34. The standard InChI is InChI=1S/C21H22N4OS/c1-14-5-8-24(19(26)11-16-3-2-10-27-16)13-18(14)25-9-6-15-12-23-21-17(20(15)25)4-7-22-21/h2-4,6-7,9-10,12,14,18H,5,8,11,13H2,1H3,(H,22,23)/t14-,18+/m1/s1. The van der Waals surface area contributed by atoms with Crippen LogP contribution in [0, 0.1) is 5.92 Å². The maximum absolute atomic E-state index is 12.8. The number of fused-ring (bicyclic) bond motifs is 3. The van der Waals surface area contributed by atoms with Crippen LogP contribution in [0.25, 0.3) is 21.9 Å². The lowest BCUT2D eigenvalue weighted by Crippen LogP contribution is -2.44. The number of pyridine rings is 1. The van der Waals surface area contributed by atoms with E-state index < -0.39 is 0 Å². The lowest BCUT2D eigenvalue weighted by molar-refractivity contribution is -0.132. The Balaban J connectivity index is 1.47. The van der Waals surface area contributed by atoms with Crippen molar-refractivity contribution in [2.75, 3.05) is 13.1 Å². The second-order valence-corrected chi connectivity index (χ2v) is 8.49. The highest BCUT2D eigenvalue weighted by Gasteiger charge is 2.31. The van der Waals surface area contributed by atoms with Crippen molar-refractivity contribution < 1.29 is 4.79 Å². The Hall–Kier alpha value is -2.60. The van der Waals surface area contributed by atoms with E-state index in [1.54, 1.807) is 11.3 Å². The van der Waals surface area contributed by atoms with Crippen molar-refractivity contribution in [2.24, 2.45) is 5.92 Å². The molecule has 5 rings (SSSR count). The van der Waals surface area contributed by atoms with Crippen molar-refractivity contribution in [2.45, 2.75) is 25.8 Å². The first-order chi connectivity index (χ1) is 13.2. The van der Waals surface area contributed by atoms with Crippen molar-refractivity contribution in [3.05, 3.63) is 53.1 Å².